The van der Waals surface area contributed by atoms with Gasteiger partial charge in [-0.2, -0.15) is 0 Å². The number of piperidine rings is 1. The van der Waals surface area contributed by atoms with Gasteiger partial charge in [0, 0.05) is 25.5 Å². The molecule has 1 saturated heterocycles. The summed E-state index contributed by atoms with van der Waals surface area (Å²) in [6, 6.07) is 7.37. The van der Waals surface area contributed by atoms with Crippen LogP contribution in [0.5, 0.6) is 0 Å². The molecule has 1 aliphatic heterocycles. The van der Waals surface area contributed by atoms with Gasteiger partial charge in [-0.3, -0.25) is 4.79 Å². The summed E-state index contributed by atoms with van der Waals surface area (Å²) in [6.45, 7) is 3.83. The molecule has 2 heterocycles. The van der Waals surface area contributed by atoms with E-state index in [1.807, 2.05) is 23.1 Å². The molecule has 1 fully saturated rings. The minimum absolute atomic E-state index is 0.00111. The number of halogens is 1. The number of rotatable bonds is 3. The van der Waals surface area contributed by atoms with Gasteiger partial charge >= 0.3 is 0 Å². The van der Waals surface area contributed by atoms with E-state index in [1.165, 1.54) is 0 Å². The Morgan fingerprint density at radius 3 is 2.52 bits per heavy atom. The number of anilines is 2. The second-order valence-electron chi connectivity index (χ2n) is 5.87. The van der Waals surface area contributed by atoms with Gasteiger partial charge in [0.2, 0.25) is 5.95 Å². The molecule has 120 valence electrons. The molecule has 0 spiro atoms. The van der Waals surface area contributed by atoms with Gasteiger partial charge in [0.25, 0.3) is 5.91 Å². The van der Waals surface area contributed by atoms with Gasteiger partial charge in [-0.05, 0) is 30.9 Å². The van der Waals surface area contributed by atoms with Crippen LogP contribution in [0.3, 0.4) is 0 Å². The SMILES string of the molecule is CC1CCN(C(=O)c2cnc(Nc3ccccc3Cl)nc2)CC1. The van der Waals surface area contributed by atoms with E-state index < -0.39 is 0 Å². The van der Waals surface area contributed by atoms with Crippen molar-refractivity contribution in [3.05, 3.63) is 47.2 Å². The quantitative estimate of drug-likeness (QED) is 0.931. The fraction of sp³-hybridized carbons (Fsp3) is 0.353. The van der Waals surface area contributed by atoms with E-state index in [0.717, 1.165) is 31.6 Å². The lowest BCUT2D eigenvalue weighted by Gasteiger charge is -2.30. The van der Waals surface area contributed by atoms with E-state index in [4.69, 9.17) is 11.6 Å². The maximum absolute atomic E-state index is 12.4. The first kappa shape index (κ1) is 15.7. The van der Waals surface area contributed by atoms with E-state index in [-0.39, 0.29) is 5.91 Å². The van der Waals surface area contributed by atoms with Crippen molar-refractivity contribution in [1.82, 2.24) is 14.9 Å². The molecule has 6 heteroatoms. The number of carbonyl (C=O) groups excluding carboxylic acids is 1. The highest BCUT2D eigenvalue weighted by molar-refractivity contribution is 6.33. The molecule has 1 aromatic carbocycles. The number of benzene rings is 1. The molecule has 0 radical (unpaired) electrons. The molecular formula is C17H19ClN4O. The highest BCUT2D eigenvalue weighted by Crippen LogP contribution is 2.23. The average molecular weight is 331 g/mol. The largest absolute Gasteiger partial charge is 0.339 e. The van der Waals surface area contributed by atoms with Crippen molar-refractivity contribution >= 4 is 29.1 Å². The Kier molecular flexibility index (Phi) is 4.76. The van der Waals surface area contributed by atoms with Crippen molar-refractivity contribution in [1.29, 1.82) is 0 Å². The summed E-state index contributed by atoms with van der Waals surface area (Å²) < 4.78 is 0. The van der Waals surface area contributed by atoms with Gasteiger partial charge < -0.3 is 10.2 Å². The summed E-state index contributed by atoms with van der Waals surface area (Å²) in [4.78, 5) is 22.7. The van der Waals surface area contributed by atoms with E-state index >= 15 is 0 Å². The van der Waals surface area contributed by atoms with Gasteiger partial charge in [-0.25, -0.2) is 9.97 Å². The third-order valence-corrected chi connectivity index (χ3v) is 4.42. The van der Waals surface area contributed by atoms with Crippen LogP contribution in [0.15, 0.2) is 36.7 Å². The standard InChI is InChI=1S/C17H19ClN4O/c1-12-6-8-22(9-7-12)16(23)13-10-19-17(20-11-13)21-15-5-3-2-4-14(15)18/h2-5,10-12H,6-9H2,1H3,(H,19,20,21). The first-order chi connectivity index (χ1) is 11.1. The zero-order chi connectivity index (χ0) is 16.2. The number of amides is 1. The summed E-state index contributed by atoms with van der Waals surface area (Å²) in [5.74, 6) is 1.11. The topological polar surface area (TPSA) is 58.1 Å². The van der Waals surface area contributed by atoms with Gasteiger partial charge in [0.15, 0.2) is 0 Å². The summed E-state index contributed by atoms with van der Waals surface area (Å²) in [5.41, 5.74) is 1.25. The number of carbonyl (C=O) groups is 1. The number of likely N-dealkylation sites (tertiary alicyclic amines) is 1. The maximum Gasteiger partial charge on any atom is 0.256 e. The molecule has 1 N–H and O–H groups in total. The Morgan fingerprint density at radius 2 is 1.87 bits per heavy atom. The normalized spacial score (nSPS) is 15.5. The molecule has 2 aromatic rings. The molecule has 0 aliphatic carbocycles. The van der Waals surface area contributed by atoms with Gasteiger partial charge in [-0.1, -0.05) is 30.7 Å². The van der Waals surface area contributed by atoms with Crippen molar-refractivity contribution in [2.24, 2.45) is 5.92 Å². The van der Waals surface area contributed by atoms with Crippen LogP contribution in [-0.4, -0.2) is 33.9 Å². The fourth-order valence-corrected chi connectivity index (χ4v) is 2.76. The van der Waals surface area contributed by atoms with Crippen LogP contribution in [0.1, 0.15) is 30.1 Å². The average Bonchev–Trinajstić information content (AvgIpc) is 2.58. The maximum atomic E-state index is 12.4. The summed E-state index contributed by atoms with van der Waals surface area (Å²) in [7, 11) is 0. The van der Waals surface area contributed by atoms with Crippen LogP contribution in [0, 0.1) is 5.92 Å². The fourth-order valence-electron chi connectivity index (χ4n) is 2.58. The van der Waals surface area contributed by atoms with Crippen molar-refractivity contribution < 1.29 is 4.79 Å². The van der Waals surface area contributed by atoms with Gasteiger partial charge in [0.05, 0.1) is 16.3 Å². The molecule has 0 unspecified atom stereocenters. The molecule has 5 nitrogen and oxygen atoms in total. The molecule has 1 aliphatic rings. The van der Waals surface area contributed by atoms with E-state index in [1.54, 1.807) is 18.5 Å². The number of hydrogen-bond acceptors (Lipinski definition) is 4. The van der Waals surface area contributed by atoms with E-state index in [9.17, 15) is 4.79 Å². The lowest BCUT2D eigenvalue weighted by Crippen LogP contribution is -2.38. The van der Waals surface area contributed by atoms with Crippen molar-refractivity contribution in [3.63, 3.8) is 0 Å². The Morgan fingerprint density at radius 1 is 1.22 bits per heavy atom. The number of aromatic nitrogens is 2. The Labute approximate surface area is 140 Å². The molecule has 0 atom stereocenters. The van der Waals surface area contributed by atoms with E-state index in [0.29, 0.717) is 22.5 Å². The minimum atomic E-state index is 0.00111. The van der Waals surface area contributed by atoms with Gasteiger partial charge in [-0.15, -0.1) is 0 Å². The number of para-hydroxylation sites is 1. The zero-order valence-corrected chi connectivity index (χ0v) is 13.8. The van der Waals surface area contributed by atoms with Crippen LogP contribution < -0.4 is 5.32 Å². The predicted octanol–water partition coefficient (Wildman–Crippen LogP) is 3.75. The van der Waals surface area contributed by atoms with Crippen LogP contribution in [0.2, 0.25) is 5.02 Å². The summed E-state index contributed by atoms with van der Waals surface area (Å²) >= 11 is 6.09. The smallest absolute Gasteiger partial charge is 0.256 e. The van der Waals surface area contributed by atoms with Crippen LogP contribution in [0.25, 0.3) is 0 Å². The predicted molar refractivity (Wildman–Crippen MR) is 91.1 cm³/mol. The van der Waals surface area contributed by atoms with Crippen LogP contribution >= 0.6 is 11.6 Å². The molecule has 23 heavy (non-hydrogen) atoms. The van der Waals surface area contributed by atoms with Crippen molar-refractivity contribution in [2.75, 3.05) is 18.4 Å². The highest BCUT2D eigenvalue weighted by atomic mass is 35.5. The summed E-state index contributed by atoms with van der Waals surface area (Å²) in [5, 5.41) is 3.64. The third kappa shape index (κ3) is 3.79. The third-order valence-electron chi connectivity index (χ3n) is 4.09. The number of hydrogen-bond donors (Lipinski definition) is 1. The van der Waals surface area contributed by atoms with Crippen LogP contribution in [-0.2, 0) is 0 Å². The second kappa shape index (κ2) is 6.96. The Bertz CT molecular complexity index is 681. The lowest BCUT2D eigenvalue weighted by molar-refractivity contribution is 0.0696. The molecule has 0 saturated carbocycles. The van der Waals surface area contributed by atoms with Crippen LogP contribution in [0.4, 0.5) is 11.6 Å². The molecular weight excluding hydrogens is 312 g/mol. The Balaban J connectivity index is 1.67. The van der Waals surface area contributed by atoms with E-state index in [2.05, 4.69) is 22.2 Å². The zero-order valence-electron chi connectivity index (χ0n) is 13.0. The monoisotopic (exact) mass is 330 g/mol. The lowest BCUT2D eigenvalue weighted by atomic mass is 9.99. The second-order valence-corrected chi connectivity index (χ2v) is 6.28. The van der Waals surface area contributed by atoms with Gasteiger partial charge in [0.1, 0.15) is 0 Å². The minimum Gasteiger partial charge on any atom is -0.339 e. The Hall–Kier alpha value is -2.14. The molecule has 3 rings (SSSR count). The highest BCUT2D eigenvalue weighted by Gasteiger charge is 2.21. The van der Waals surface area contributed by atoms with Crippen molar-refractivity contribution in [2.45, 2.75) is 19.8 Å². The van der Waals surface area contributed by atoms with Crippen molar-refractivity contribution in [3.8, 4) is 0 Å². The molecule has 0 bridgehead atoms. The summed E-state index contributed by atoms with van der Waals surface area (Å²) in [6.07, 6.45) is 5.23. The molecule has 1 amide bonds. The first-order valence-corrected chi connectivity index (χ1v) is 8.14. The first-order valence-electron chi connectivity index (χ1n) is 7.76. The molecule has 1 aromatic heterocycles. The number of nitrogens with one attached hydrogen (secondary N) is 1. The number of nitrogens with zero attached hydrogens (tertiary/aromatic N) is 3.